The second-order valence-corrected chi connectivity index (χ2v) is 7.60. The highest BCUT2D eigenvalue weighted by Crippen LogP contribution is 2.03. The predicted octanol–water partition coefficient (Wildman–Crippen LogP) is 1.97. The van der Waals surface area contributed by atoms with E-state index in [2.05, 4.69) is 15.6 Å². The van der Waals surface area contributed by atoms with Gasteiger partial charge in [0.05, 0.1) is 5.75 Å². The molecular formula is C15H25FIN3O2S. The summed E-state index contributed by atoms with van der Waals surface area (Å²) in [5.74, 6) is 0.508. The van der Waals surface area contributed by atoms with Crippen LogP contribution in [0.4, 0.5) is 4.39 Å². The summed E-state index contributed by atoms with van der Waals surface area (Å²) in [4.78, 5) is 4.09. The minimum absolute atomic E-state index is 0. The van der Waals surface area contributed by atoms with E-state index in [4.69, 9.17) is 0 Å². The first-order valence-corrected chi connectivity index (χ1v) is 9.25. The molecule has 8 heteroatoms. The van der Waals surface area contributed by atoms with Gasteiger partial charge >= 0.3 is 0 Å². The molecule has 0 aliphatic carbocycles. The number of hydrogen-bond donors (Lipinski definition) is 2. The molecule has 132 valence electrons. The zero-order valence-corrected chi connectivity index (χ0v) is 16.8. The molecule has 0 aliphatic heterocycles. The fourth-order valence-corrected chi connectivity index (χ4v) is 2.69. The standard InChI is InChI=1S/C15H24FN3O2S.HI/c1-12(8-10-22(3,20)21)19-15(17-2)18-9-7-13-5-4-6-14(16)11-13;/h4-6,11-12H,7-10H2,1-3H3,(H2,17,18,19);1H. The van der Waals surface area contributed by atoms with Gasteiger partial charge in [0.25, 0.3) is 0 Å². The molecule has 0 aromatic heterocycles. The molecule has 5 nitrogen and oxygen atoms in total. The molecule has 1 atom stereocenters. The van der Waals surface area contributed by atoms with Crippen LogP contribution >= 0.6 is 24.0 Å². The molecule has 0 aliphatic rings. The molecule has 0 radical (unpaired) electrons. The fraction of sp³-hybridized carbons (Fsp3) is 0.533. The van der Waals surface area contributed by atoms with E-state index in [0.29, 0.717) is 25.3 Å². The summed E-state index contributed by atoms with van der Waals surface area (Å²) >= 11 is 0. The van der Waals surface area contributed by atoms with E-state index < -0.39 is 9.84 Å². The minimum Gasteiger partial charge on any atom is -0.356 e. The van der Waals surface area contributed by atoms with Gasteiger partial charge in [0.2, 0.25) is 0 Å². The van der Waals surface area contributed by atoms with Crippen molar-refractivity contribution in [3.63, 3.8) is 0 Å². The number of benzene rings is 1. The van der Waals surface area contributed by atoms with Crippen LogP contribution in [0.1, 0.15) is 18.9 Å². The Kier molecular flexibility index (Phi) is 10.4. The number of guanidine groups is 1. The number of sulfone groups is 1. The highest BCUT2D eigenvalue weighted by Gasteiger charge is 2.09. The van der Waals surface area contributed by atoms with Crippen LogP contribution in [0.3, 0.4) is 0 Å². The Morgan fingerprint density at radius 3 is 2.65 bits per heavy atom. The average Bonchev–Trinajstić information content (AvgIpc) is 2.43. The van der Waals surface area contributed by atoms with E-state index >= 15 is 0 Å². The lowest BCUT2D eigenvalue weighted by atomic mass is 10.1. The number of hydrogen-bond acceptors (Lipinski definition) is 3. The van der Waals surface area contributed by atoms with Crippen LogP contribution < -0.4 is 10.6 Å². The highest BCUT2D eigenvalue weighted by molar-refractivity contribution is 14.0. The molecule has 2 N–H and O–H groups in total. The van der Waals surface area contributed by atoms with E-state index in [-0.39, 0.29) is 41.6 Å². The van der Waals surface area contributed by atoms with Gasteiger partial charge in [-0.2, -0.15) is 0 Å². The van der Waals surface area contributed by atoms with Crippen LogP contribution in [0.5, 0.6) is 0 Å². The second-order valence-electron chi connectivity index (χ2n) is 5.34. The van der Waals surface area contributed by atoms with Gasteiger partial charge in [-0.05, 0) is 37.5 Å². The smallest absolute Gasteiger partial charge is 0.191 e. The van der Waals surface area contributed by atoms with Gasteiger partial charge in [-0.15, -0.1) is 24.0 Å². The van der Waals surface area contributed by atoms with Crippen molar-refractivity contribution in [2.45, 2.75) is 25.8 Å². The lowest BCUT2D eigenvalue weighted by Crippen LogP contribution is -2.43. The largest absolute Gasteiger partial charge is 0.356 e. The number of nitrogens with one attached hydrogen (secondary N) is 2. The number of aliphatic imine (C=N–C) groups is 1. The van der Waals surface area contributed by atoms with Crippen molar-refractivity contribution in [1.29, 1.82) is 0 Å². The molecule has 0 fully saturated rings. The summed E-state index contributed by atoms with van der Waals surface area (Å²) in [6, 6.07) is 6.48. The first kappa shape index (κ1) is 22.1. The van der Waals surface area contributed by atoms with Crippen LogP contribution in [0.25, 0.3) is 0 Å². The van der Waals surface area contributed by atoms with Gasteiger partial charge in [-0.3, -0.25) is 4.99 Å². The lowest BCUT2D eigenvalue weighted by molar-refractivity contribution is 0.581. The van der Waals surface area contributed by atoms with Crippen molar-refractivity contribution in [1.82, 2.24) is 10.6 Å². The average molecular weight is 457 g/mol. The van der Waals surface area contributed by atoms with Crippen molar-refractivity contribution >= 4 is 39.8 Å². The van der Waals surface area contributed by atoms with Gasteiger partial charge in [0.1, 0.15) is 15.7 Å². The number of nitrogens with zero attached hydrogens (tertiary/aromatic N) is 1. The van der Waals surface area contributed by atoms with Crippen LogP contribution in [0, 0.1) is 5.82 Å². The van der Waals surface area contributed by atoms with E-state index in [0.717, 1.165) is 5.56 Å². The molecule has 1 aromatic carbocycles. The first-order valence-electron chi connectivity index (χ1n) is 7.19. The first-order chi connectivity index (χ1) is 10.3. The molecule has 0 saturated carbocycles. The number of rotatable bonds is 7. The van der Waals surface area contributed by atoms with Crippen molar-refractivity contribution in [2.24, 2.45) is 4.99 Å². The fourth-order valence-electron chi connectivity index (χ4n) is 1.91. The monoisotopic (exact) mass is 457 g/mol. The molecule has 23 heavy (non-hydrogen) atoms. The van der Waals surface area contributed by atoms with Crippen LogP contribution in [0.2, 0.25) is 0 Å². The Bertz CT molecular complexity index is 608. The van der Waals surface area contributed by atoms with Crippen LogP contribution in [-0.2, 0) is 16.3 Å². The minimum atomic E-state index is -2.95. The zero-order valence-electron chi connectivity index (χ0n) is 13.7. The molecule has 0 bridgehead atoms. The van der Waals surface area contributed by atoms with E-state index in [1.54, 1.807) is 13.1 Å². The maximum atomic E-state index is 13.1. The molecule has 1 unspecified atom stereocenters. The van der Waals surface area contributed by atoms with E-state index in [1.807, 2.05) is 13.0 Å². The Hall–Kier alpha value is -0.900. The van der Waals surface area contributed by atoms with Gasteiger partial charge in [-0.1, -0.05) is 12.1 Å². The Labute approximate surface area is 155 Å². The van der Waals surface area contributed by atoms with Crippen molar-refractivity contribution in [3.05, 3.63) is 35.6 Å². The van der Waals surface area contributed by atoms with Gasteiger partial charge in [-0.25, -0.2) is 12.8 Å². The maximum Gasteiger partial charge on any atom is 0.191 e. The summed E-state index contributed by atoms with van der Waals surface area (Å²) in [6.45, 7) is 2.52. The Balaban J connectivity index is 0.00000484. The highest BCUT2D eigenvalue weighted by atomic mass is 127. The van der Waals surface area contributed by atoms with Crippen LogP contribution in [0.15, 0.2) is 29.3 Å². The third-order valence-corrected chi connectivity index (χ3v) is 4.10. The summed E-state index contributed by atoms with van der Waals surface area (Å²) < 4.78 is 35.4. The lowest BCUT2D eigenvalue weighted by Gasteiger charge is -2.17. The summed E-state index contributed by atoms with van der Waals surface area (Å²) in [5.41, 5.74) is 0.910. The van der Waals surface area contributed by atoms with Gasteiger partial charge in [0, 0.05) is 25.9 Å². The Morgan fingerprint density at radius 2 is 2.09 bits per heavy atom. The zero-order chi connectivity index (χ0) is 16.6. The molecular weight excluding hydrogens is 432 g/mol. The molecule has 1 rings (SSSR count). The van der Waals surface area contributed by atoms with Crippen molar-refractivity contribution in [3.8, 4) is 0 Å². The predicted molar refractivity (Wildman–Crippen MR) is 104 cm³/mol. The molecule has 0 spiro atoms. The molecule has 0 amide bonds. The number of halogens is 2. The Morgan fingerprint density at radius 1 is 1.39 bits per heavy atom. The summed E-state index contributed by atoms with van der Waals surface area (Å²) in [6.07, 6.45) is 2.42. The molecule has 0 heterocycles. The quantitative estimate of drug-likeness (QED) is 0.373. The molecule has 1 aromatic rings. The van der Waals surface area contributed by atoms with Gasteiger partial charge in [0.15, 0.2) is 5.96 Å². The maximum absolute atomic E-state index is 13.1. The topological polar surface area (TPSA) is 70.6 Å². The van der Waals surface area contributed by atoms with Crippen molar-refractivity contribution < 1.29 is 12.8 Å². The summed E-state index contributed by atoms with van der Waals surface area (Å²) in [7, 11) is -1.30. The normalized spacial score (nSPS) is 13.1. The summed E-state index contributed by atoms with van der Waals surface area (Å²) in [5, 5.41) is 6.27. The third-order valence-electron chi connectivity index (χ3n) is 3.12. The SMILES string of the molecule is CN=C(NCCc1cccc(F)c1)NC(C)CCS(C)(=O)=O.I. The van der Waals surface area contributed by atoms with E-state index in [1.165, 1.54) is 18.4 Å². The van der Waals surface area contributed by atoms with Gasteiger partial charge < -0.3 is 10.6 Å². The third kappa shape index (κ3) is 10.5. The second kappa shape index (κ2) is 10.8. The van der Waals surface area contributed by atoms with Crippen molar-refractivity contribution in [2.75, 3.05) is 25.6 Å². The van der Waals surface area contributed by atoms with E-state index in [9.17, 15) is 12.8 Å². The molecule has 0 saturated heterocycles. The van der Waals surface area contributed by atoms with Crippen LogP contribution in [-0.4, -0.2) is 46.0 Å².